The number of hydrogen-bond donors (Lipinski definition) is 3. The lowest BCUT2D eigenvalue weighted by molar-refractivity contribution is -0.119. The van der Waals surface area contributed by atoms with Crippen molar-refractivity contribution in [3.63, 3.8) is 0 Å². The second kappa shape index (κ2) is 8.23. The summed E-state index contributed by atoms with van der Waals surface area (Å²) in [6.45, 7) is 9.13. The number of aromatic amines is 1. The van der Waals surface area contributed by atoms with Crippen LogP contribution in [0.3, 0.4) is 0 Å². The summed E-state index contributed by atoms with van der Waals surface area (Å²) in [6.07, 6.45) is 0. The molecule has 3 heterocycles. The summed E-state index contributed by atoms with van der Waals surface area (Å²) in [5.41, 5.74) is 0.0128. The molecule has 0 atom stereocenters. The molecule has 0 aliphatic carbocycles. The van der Waals surface area contributed by atoms with Gasteiger partial charge in [0.15, 0.2) is 10.9 Å². The summed E-state index contributed by atoms with van der Waals surface area (Å²) in [4.78, 5) is 47.5. The van der Waals surface area contributed by atoms with Gasteiger partial charge in [-0.05, 0) is 19.1 Å². The average Bonchev–Trinajstić information content (AvgIpc) is 3.27. The zero-order valence-electron chi connectivity index (χ0n) is 17.4. The lowest BCUT2D eigenvalue weighted by Crippen LogP contribution is -2.30. The highest BCUT2D eigenvalue weighted by Gasteiger charge is 2.23. The second-order valence-electron chi connectivity index (χ2n) is 7.79. The van der Waals surface area contributed by atoms with Gasteiger partial charge in [-0.1, -0.05) is 20.8 Å². The van der Waals surface area contributed by atoms with Crippen molar-refractivity contribution in [2.75, 3.05) is 5.32 Å². The second-order valence-corrected chi connectivity index (χ2v) is 8.65. The largest absolute Gasteiger partial charge is 0.458 e. The quantitative estimate of drug-likeness (QED) is 0.572. The minimum absolute atomic E-state index is 0.0460. The molecule has 0 aliphatic heterocycles. The Kier molecular flexibility index (Phi) is 5.88. The van der Waals surface area contributed by atoms with Gasteiger partial charge in [-0.25, -0.2) is 9.97 Å². The molecule has 0 bridgehead atoms. The molecule has 0 aliphatic rings. The van der Waals surface area contributed by atoms with E-state index in [2.05, 4.69) is 25.6 Å². The smallest absolute Gasteiger partial charge is 0.264 e. The number of amides is 2. The van der Waals surface area contributed by atoms with Crippen LogP contribution < -0.4 is 16.2 Å². The van der Waals surface area contributed by atoms with Gasteiger partial charge in [0.1, 0.15) is 22.8 Å². The first-order valence-electron chi connectivity index (χ1n) is 9.26. The lowest BCUT2D eigenvalue weighted by Gasteiger charge is -2.18. The Hall–Kier alpha value is -3.27. The van der Waals surface area contributed by atoms with Crippen molar-refractivity contribution in [3.05, 3.63) is 50.7 Å². The van der Waals surface area contributed by atoms with E-state index in [0.717, 1.165) is 0 Å². The Balaban J connectivity index is 1.76. The van der Waals surface area contributed by atoms with E-state index in [-0.39, 0.29) is 23.4 Å². The minimum atomic E-state index is -0.576. The molecular formula is C20H23N5O4S. The summed E-state index contributed by atoms with van der Waals surface area (Å²) in [7, 11) is 0. The Morgan fingerprint density at radius 3 is 2.60 bits per heavy atom. The lowest BCUT2D eigenvalue weighted by atomic mass is 9.95. The van der Waals surface area contributed by atoms with E-state index in [1.807, 2.05) is 20.8 Å². The molecule has 3 N–H and O–H groups in total. The third-order valence-electron chi connectivity index (χ3n) is 4.19. The summed E-state index contributed by atoms with van der Waals surface area (Å²) in [5.74, 6) is 0.893. The number of aromatic nitrogens is 3. The molecule has 3 aromatic heterocycles. The highest BCUT2D eigenvalue weighted by atomic mass is 32.1. The number of nitrogens with one attached hydrogen (secondary N) is 3. The number of thiazole rings is 1. The van der Waals surface area contributed by atoms with E-state index in [9.17, 15) is 14.4 Å². The van der Waals surface area contributed by atoms with Crippen molar-refractivity contribution in [2.45, 2.75) is 46.6 Å². The van der Waals surface area contributed by atoms with Gasteiger partial charge < -0.3 is 14.7 Å². The zero-order valence-corrected chi connectivity index (χ0v) is 18.2. The van der Waals surface area contributed by atoms with Crippen LogP contribution in [0.25, 0.3) is 11.5 Å². The number of carbonyl (C=O) groups excluding carboxylic acids is 2. The molecular weight excluding hydrogens is 406 g/mol. The Morgan fingerprint density at radius 2 is 1.97 bits per heavy atom. The summed E-state index contributed by atoms with van der Waals surface area (Å²) >= 11 is 1.21. The zero-order chi connectivity index (χ0) is 22.1. The van der Waals surface area contributed by atoms with Crippen molar-refractivity contribution in [3.8, 4) is 11.5 Å². The van der Waals surface area contributed by atoms with Gasteiger partial charge >= 0.3 is 0 Å². The number of anilines is 1. The molecule has 0 fully saturated rings. The van der Waals surface area contributed by atoms with Gasteiger partial charge in [-0.2, -0.15) is 0 Å². The topological polar surface area (TPSA) is 130 Å². The van der Waals surface area contributed by atoms with Crippen molar-refractivity contribution in [2.24, 2.45) is 0 Å². The van der Waals surface area contributed by atoms with E-state index in [1.54, 1.807) is 24.4 Å². The first-order chi connectivity index (χ1) is 14.0. The van der Waals surface area contributed by atoms with E-state index in [0.29, 0.717) is 33.9 Å². The van der Waals surface area contributed by atoms with Crippen LogP contribution in [0.1, 0.15) is 55.3 Å². The van der Waals surface area contributed by atoms with Gasteiger partial charge in [-0.3, -0.25) is 19.7 Å². The fourth-order valence-corrected chi connectivity index (χ4v) is 3.33. The molecule has 2 amide bonds. The van der Waals surface area contributed by atoms with Crippen molar-refractivity contribution < 1.29 is 14.0 Å². The summed E-state index contributed by atoms with van der Waals surface area (Å²) < 4.78 is 5.66. The number of furan rings is 1. The molecule has 30 heavy (non-hydrogen) atoms. The van der Waals surface area contributed by atoms with Crippen molar-refractivity contribution >= 4 is 28.3 Å². The molecule has 0 saturated heterocycles. The molecule has 3 aromatic rings. The Bertz CT molecular complexity index is 1150. The fourth-order valence-electron chi connectivity index (χ4n) is 2.63. The average molecular weight is 430 g/mol. The highest BCUT2D eigenvalue weighted by molar-refractivity contribution is 7.14. The summed E-state index contributed by atoms with van der Waals surface area (Å²) in [6, 6.07) is 3.48. The number of rotatable bonds is 5. The maximum absolute atomic E-state index is 12.6. The van der Waals surface area contributed by atoms with Crippen LogP contribution in [0.15, 0.2) is 26.7 Å². The molecule has 158 valence electrons. The predicted molar refractivity (Wildman–Crippen MR) is 114 cm³/mol. The number of nitrogens with zero attached hydrogens (tertiary/aromatic N) is 2. The van der Waals surface area contributed by atoms with Gasteiger partial charge in [0.25, 0.3) is 11.5 Å². The number of carbonyl (C=O) groups is 2. The van der Waals surface area contributed by atoms with Crippen LogP contribution in [0.4, 0.5) is 5.13 Å². The highest BCUT2D eigenvalue weighted by Crippen LogP contribution is 2.27. The van der Waals surface area contributed by atoms with Gasteiger partial charge in [-0.15, -0.1) is 11.3 Å². The van der Waals surface area contributed by atoms with Crippen LogP contribution >= 0.6 is 11.3 Å². The minimum Gasteiger partial charge on any atom is -0.458 e. The molecule has 9 nitrogen and oxygen atoms in total. The van der Waals surface area contributed by atoms with Gasteiger partial charge in [0.05, 0.1) is 12.2 Å². The van der Waals surface area contributed by atoms with Gasteiger partial charge in [0.2, 0.25) is 5.91 Å². The summed E-state index contributed by atoms with van der Waals surface area (Å²) in [5, 5.41) is 7.36. The molecule has 3 rings (SSSR count). The van der Waals surface area contributed by atoms with E-state index >= 15 is 0 Å². The molecule has 0 radical (unpaired) electrons. The first-order valence-corrected chi connectivity index (χ1v) is 10.1. The normalized spacial score (nSPS) is 11.4. The molecule has 0 unspecified atom stereocenters. The monoisotopic (exact) mass is 429 g/mol. The maximum atomic E-state index is 12.6. The molecule has 0 saturated carbocycles. The number of H-pyrrole nitrogens is 1. The van der Waals surface area contributed by atoms with Crippen molar-refractivity contribution in [1.82, 2.24) is 20.3 Å². The molecule has 0 spiro atoms. The van der Waals surface area contributed by atoms with E-state index < -0.39 is 11.5 Å². The predicted octanol–water partition coefficient (Wildman–Crippen LogP) is 2.98. The van der Waals surface area contributed by atoms with Crippen LogP contribution in [0.2, 0.25) is 0 Å². The third-order valence-corrected chi connectivity index (χ3v) is 4.95. The number of aryl methyl sites for hydroxylation is 1. The van der Waals surface area contributed by atoms with Crippen LogP contribution in [0.5, 0.6) is 0 Å². The van der Waals surface area contributed by atoms with Gasteiger partial charge in [0, 0.05) is 17.7 Å². The molecule has 10 heteroatoms. The Labute approximate surface area is 177 Å². The third kappa shape index (κ3) is 4.82. The fraction of sp³-hybridized carbons (Fsp3) is 0.350. The molecule has 0 aromatic carbocycles. The van der Waals surface area contributed by atoms with Crippen LogP contribution in [-0.2, 0) is 16.8 Å². The number of hydrogen-bond acceptors (Lipinski definition) is 7. The standard InChI is InChI=1S/C20H23N5O4S/c1-10-15(16(27)24-18(22-10)20(3,4)5)17(28)25-19-23-13(9-30-19)14-7-6-12(29-14)8-21-11(2)26/h6-7,9H,8H2,1-5H3,(H,21,26)(H,22,24,27)(H,23,25,28). The SMILES string of the molecule is CC(=O)NCc1ccc(-c2csc(NC(=O)c3c(C)nc(C(C)(C)C)[nH]c3=O)n2)o1. The van der Waals surface area contributed by atoms with E-state index in [1.165, 1.54) is 18.3 Å². The van der Waals surface area contributed by atoms with Crippen LogP contribution in [-0.4, -0.2) is 26.8 Å². The maximum Gasteiger partial charge on any atom is 0.264 e. The van der Waals surface area contributed by atoms with Crippen LogP contribution in [0, 0.1) is 6.92 Å². The van der Waals surface area contributed by atoms with Crippen molar-refractivity contribution in [1.29, 1.82) is 0 Å². The Morgan fingerprint density at radius 1 is 1.23 bits per heavy atom. The van der Waals surface area contributed by atoms with E-state index in [4.69, 9.17) is 4.42 Å². The first kappa shape index (κ1) is 21.4.